The first-order chi connectivity index (χ1) is 23.0. The summed E-state index contributed by atoms with van der Waals surface area (Å²) < 4.78 is 79.4. The number of carboxylic acids is 3. The molecule has 0 amide bonds. The third-order valence-electron chi connectivity index (χ3n) is 7.90. The van der Waals surface area contributed by atoms with Crippen LogP contribution in [0.5, 0.6) is 0 Å². The third kappa shape index (κ3) is 14.6. The second kappa shape index (κ2) is 18.1. The first kappa shape index (κ1) is 39.4. The van der Waals surface area contributed by atoms with Crippen molar-refractivity contribution in [2.45, 2.75) is 31.7 Å². The van der Waals surface area contributed by atoms with E-state index >= 15 is 0 Å². The van der Waals surface area contributed by atoms with Gasteiger partial charge in [-0.1, -0.05) is 36.4 Å². The van der Waals surface area contributed by atoms with E-state index in [9.17, 15) is 56.0 Å². The Labute approximate surface area is 279 Å². The van der Waals surface area contributed by atoms with Crippen molar-refractivity contribution in [2.75, 3.05) is 72.0 Å². The summed E-state index contributed by atoms with van der Waals surface area (Å²) in [5.41, 5.74) is -1.65. The lowest BCUT2D eigenvalue weighted by Gasteiger charge is -2.31. The minimum atomic E-state index is -4.95. The van der Waals surface area contributed by atoms with Gasteiger partial charge in [-0.2, -0.15) is 26.3 Å². The molecule has 0 spiro atoms. The molecule has 0 aromatic heterocycles. The van der Waals surface area contributed by atoms with Crippen molar-refractivity contribution < 1.29 is 56.0 Å². The summed E-state index contributed by atoms with van der Waals surface area (Å²) in [5.74, 6) is -3.01. The van der Waals surface area contributed by atoms with Crippen molar-refractivity contribution in [1.82, 2.24) is 19.6 Å². The summed E-state index contributed by atoms with van der Waals surface area (Å²) in [7, 11) is 0. The Morgan fingerprint density at radius 3 is 1.31 bits per heavy atom. The molecule has 0 unspecified atom stereocenters. The van der Waals surface area contributed by atoms with Gasteiger partial charge in [0.25, 0.3) is 0 Å². The molecule has 2 aromatic carbocycles. The van der Waals surface area contributed by atoms with Gasteiger partial charge in [0.1, 0.15) is 0 Å². The number of aliphatic carboxylic acids is 3. The summed E-state index contributed by atoms with van der Waals surface area (Å²) in [6.45, 7) is 3.14. The zero-order chi connectivity index (χ0) is 36.2. The van der Waals surface area contributed by atoms with Gasteiger partial charge in [-0.3, -0.25) is 34.0 Å². The van der Waals surface area contributed by atoms with Crippen LogP contribution in [0.4, 0.5) is 26.3 Å². The molecule has 16 heteroatoms. The van der Waals surface area contributed by atoms with E-state index in [1.807, 2.05) is 0 Å². The molecule has 10 nitrogen and oxygen atoms in total. The van der Waals surface area contributed by atoms with Crippen LogP contribution in [-0.4, -0.2) is 125 Å². The van der Waals surface area contributed by atoms with Gasteiger partial charge in [-0.05, 0) is 54.3 Å². The van der Waals surface area contributed by atoms with Crippen LogP contribution < -0.4 is 0 Å². The lowest BCUT2D eigenvalue weighted by atomic mass is 10.0. The molecule has 49 heavy (non-hydrogen) atoms. The lowest BCUT2D eigenvalue weighted by Crippen LogP contribution is -2.44. The van der Waals surface area contributed by atoms with Gasteiger partial charge in [0.05, 0.1) is 30.8 Å². The quantitative estimate of drug-likeness (QED) is 0.238. The van der Waals surface area contributed by atoms with Gasteiger partial charge < -0.3 is 15.3 Å². The zero-order valence-electron chi connectivity index (χ0n) is 26.7. The fourth-order valence-corrected chi connectivity index (χ4v) is 5.52. The van der Waals surface area contributed by atoms with Crippen LogP contribution in [0.15, 0.2) is 42.5 Å². The van der Waals surface area contributed by atoms with E-state index in [1.54, 1.807) is 39.0 Å². The van der Waals surface area contributed by atoms with Crippen LogP contribution in [0, 0.1) is 0 Å². The minimum Gasteiger partial charge on any atom is -0.480 e. The molecule has 0 saturated carbocycles. The molecule has 1 aliphatic rings. The molecule has 3 N–H and O–H groups in total. The normalized spacial score (nSPS) is 17.6. The zero-order valence-corrected chi connectivity index (χ0v) is 26.7. The summed E-state index contributed by atoms with van der Waals surface area (Å²) in [5, 5.41) is 28.2. The Balaban J connectivity index is 1.75. The van der Waals surface area contributed by atoms with E-state index in [1.165, 1.54) is 12.2 Å². The second-order valence-corrected chi connectivity index (χ2v) is 11.9. The van der Waals surface area contributed by atoms with Crippen molar-refractivity contribution >= 4 is 30.1 Å². The highest BCUT2D eigenvalue weighted by atomic mass is 19.4. The number of rotatable bonds is 10. The fraction of sp³-hybridized carbons (Fsp3) is 0.485. The predicted molar refractivity (Wildman–Crippen MR) is 169 cm³/mol. The largest absolute Gasteiger partial charge is 0.480 e. The van der Waals surface area contributed by atoms with Gasteiger partial charge >= 0.3 is 30.3 Å². The Morgan fingerprint density at radius 1 is 0.551 bits per heavy atom. The van der Waals surface area contributed by atoms with E-state index in [-0.39, 0.29) is 31.3 Å². The summed E-state index contributed by atoms with van der Waals surface area (Å²) in [6.07, 6.45) is -6.22. The first-order valence-corrected chi connectivity index (χ1v) is 15.6. The highest BCUT2D eigenvalue weighted by molar-refractivity contribution is 5.71. The number of alkyl halides is 6. The summed E-state index contributed by atoms with van der Waals surface area (Å²) >= 11 is 0. The molecular formula is C33H40F6N4O6. The van der Waals surface area contributed by atoms with Gasteiger partial charge in [0.2, 0.25) is 0 Å². The van der Waals surface area contributed by atoms with E-state index in [4.69, 9.17) is 0 Å². The predicted octanol–water partition coefficient (Wildman–Crippen LogP) is 4.65. The van der Waals surface area contributed by atoms with Crippen LogP contribution >= 0.6 is 0 Å². The summed E-state index contributed by atoms with van der Waals surface area (Å²) in [4.78, 5) is 41.8. The number of nitrogens with zero attached hydrogens (tertiary/aromatic N) is 4. The van der Waals surface area contributed by atoms with E-state index in [2.05, 4.69) is 4.90 Å². The second-order valence-electron chi connectivity index (χ2n) is 11.9. The summed E-state index contributed by atoms with van der Waals surface area (Å²) in [6, 6.07) is 8.30. The van der Waals surface area contributed by atoms with Crippen LogP contribution in [0.1, 0.15) is 40.7 Å². The topological polar surface area (TPSA) is 125 Å². The molecule has 1 fully saturated rings. The average molecular weight is 703 g/mol. The number of carbonyl (C=O) groups is 3. The fourth-order valence-electron chi connectivity index (χ4n) is 5.52. The van der Waals surface area contributed by atoms with Crippen molar-refractivity contribution in [3.05, 3.63) is 70.3 Å². The average Bonchev–Trinajstić information content (AvgIpc) is 2.99. The van der Waals surface area contributed by atoms with Crippen LogP contribution in [0.2, 0.25) is 0 Å². The SMILES string of the molecule is O=C(O)CN1CCCN(CC(=O)O)CCN(Cc2ccc(C=Cc3cc(C(F)(F)F)cc(C(F)(F)F)c3)cc2)CCCN(CC(=O)O)CC1. The molecule has 1 heterocycles. The number of hydrogen-bond acceptors (Lipinski definition) is 7. The number of benzene rings is 2. The molecule has 1 saturated heterocycles. The van der Waals surface area contributed by atoms with Gasteiger partial charge in [-0.15, -0.1) is 0 Å². The number of halogens is 6. The Hall–Kier alpha value is -3.99. The van der Waals surface area contributed by atoms with E-state index in [0.717, 1.165) is 5.56 Å². The van der Waals surface area contributed by atoms with Gasteiger partial charge in [0, 0.05) is 52.4 Å². The first-order valence-electron chi connectivity index (χ1n) is 15.6. The maximum Gasteiger partial charge on any atom is 0.416 e. The molecule has 0 atom stereocenters. The standard InChI is InChI=1S/C33H40F6N4O6/c34-32(35,36)27-17-26(18-28(19-27)33(37,38)39)8-5-24-3-6-25(7-4-24)20-40-9-1-10-42(22-30(46)47)15-16-43(23-31(48)49)12-2-11-41(14-13-40)21-29(44)45/h3-8,17-19H,1-2,9-16,20-23H2,(H,44,45)(H,46,47)(H,48,49). The maximum atomic E-state index is 13.2. The van der Waals surface area contributed by atoms with E-state index in [0.29, 0.717) is 89.4 Å². The molecule has 2 aromatic rings. The lowest BCUT2D eigenvalue weighted by molar-refractivity contribution is -0.143. The smallest absolute Gasteiger partial charge is 0.416 e. The number of carboxylic acid groups (broad SMARTS) is 3. The Morgan fingerprint density at radius 2 is 0.918 bits per heavy atom. The molecular weight excluding hydrogens is 662 g/mol. The van der Waals surface area contributed by atoms with Crippen molar-refractivity contribution in [1.29, 1.82) is 0 Å². The Kier molecular flexibility index (Phi) is 14.6. The third-order valence-corrected chi connectivity index (χ3v) is 7.90. The number of hydrogen-bond donors (Lipinski definition) is 3. The molecule has 0 bridgehead atoms. The van der Waals surface area contributed by atoms with Gasteiger partial charge in [-0.25, -0.2) is 0 Å². The Bertz CT molecular complexity index is 1400. The minimum absolute atomic E-state index is 0.0767. The molecule has 3 rings (SSSR count). The molecule has 0 radical (unpaired) electrons. The van der Waals surface area contributed by atoms with Crippen molar-refractivity contribution in [2.24, 2.45) is 0 Å². The van der Waals surface area contributed by atoms with Crippen LogP contribution in [-0.2, 0) is 33.3 Å². The van der Waals surface area contributed by atoms with Crippen molar-refractivity contribution in [3.8, 4) is 0 Å². The molecule has 0 aliphatic carbocycles. The van der Waals surface area contributed by atoms with Gasteiger partial charge in [0.15, 0.2) is 0 Å². The highest BCUT2D eigenvalue weighted by Crippen LogP contribution is 2.36. The maximum absolute atomic E-state index is 13.2. The molecule has 270 valence electrons. The van der Waals surface area contributed by atoms with Crippen molar-refractivity contribution in [3.63, 3.8) is 0 Å². The highest BCUT2D eigenvalue weighted by Gasteiger charge is 2.36. The van der Waals surface area contributed by atoms with E-state index < -0.39 is 41.4 Å². The van der Waals surface area contributed by atoms with Crippen LogP contribution in [0.3, 0.4) is 0 Å². The van der Waals surface area contributed by atoms with Crippen LogP contribution in [0.25, 0.3) is 12.2 Å². The molecule has 1 aliphatic heterocycles. The monoisotopic (exact) mass is 702 g/mol.